The summed E-state index contributed by atoms with van der Waals surface area (Å²) >= 11 is 0. The summed E-state index contributed by atoms with van der Waals surface area (Å²) in [6, 6.07) is 6.60. The third kappa shape index (κ3) is 3.53. The fraction of sp³-hybridized carbons (Fsp3) is 0.389. The highest BCUT2D eigenvalue weighted by atomic mass is 19.1. The van der Waals surface area contributed by atoms with Crippen LogP contribution in [0, 0.1) is 19.7 Å². The molecule has 0 aliphatic carbocycles. The molecule has 1 N–H and O–H groups in total. The average molecular weight is 328 g/mol. The number of carbonyl (C=O) groups excluding carboxylic acids is 1. The number of benzene rings is 1. The molecule has 1 atom stereocenters. The molecule has 126 valence electrons. The lowest BCUT2D eigenvalue weighted by Gasteiger charge is -2.20. The Hall–Kier alpha value is -2.50. The third-order valence-corrected chi connectivity index (χ3v) is 4.26. The zero-order valence-corrected chi connectivity index (χ0v) is 14.1. The lowest BCUT2D eigenvalue weighted by atomic mass is 9.99. The predicted octanol–water partition coefficient (Wildman–Crippen LogP) is 3.14. The number of anilines is 1. The van der Waals surface area contributed by atoms with Crippen LogP contribution in [-0.4, -0.2) is 27.3 Å². The van der Waals surface area contributed by atoms with Gasteiger partial charge in [-0.2, -0.15) is 0 Å². The molecule has 2 aromatic rings. The van der Waals surface area contributed by atoms with E-state index < -0.39 is 0 Å². The lowest BCUT2D eigenvalue weighted by molar-refractivity contribution is -0.129. The highest BCUT2D eigenvalue weighted by Crippen LogP contribution is 2.29. The molecule has 0 fully saturated rings. The Morgan fingerprint density at radius 3 is 2.62 bits per heavy atom. The number of nitrogens with zero attached hydrogens (tertiary/aromatic N) is 3. The first-order valence-electron chi connectivity index (χ1n) is 8.05. The second-order valence-corrected chi connectivity index (χ2v) is 6.24. The molecular formula is C18H21FN4O. The van der Waals surface area contributed by atoms with Crippen molar-refractivity contribution in [1.82, 2.24) is 14.9 Å². The molecule has 6 heteroatoms. The number of rotatable bonds is 2. The molecular weight excluding hydrogens is 307 g/mol. The molecule has 1 aliphatic heterocycles. The van der Waals surface area contributed by atoms with Crippen molar-refractivity contribution in [2.75, 3.05) is 11.9 Å². The standard InChI is InChI=1S/C18H21FN4O/c1-11-8-12(2)21-18(20-11)22-17-6-7-23(13(3)24)10-14-9-15(19)4-5-16(14)17/h4-5,8-9,17H,6-7,10H2,1-3H3,(H,20,21,22). The number of amides is 1. The van der Waals surface area contributed by atoms with Gasteiger partial charge in [0, 0.05) is 31.4 Å². The monoisotopic (exact) mass is 328 g/mol. The van der Waals surface area contributed by atoms with Crippen molar-refractivity contribution >= 4 is 11.9 Å². The van der Waals surface area contributed by atoms with Crippen molar-refractivity contribution in [1.29, 1.82) is 0 Å². The zero-order valence-electron chi connectivity index (χ0n) is 14.1. The van der Waals surface area contributed by atoms with Gasteiger partial charge in [-0.1, -0.05) is 6.07 Å². The normalized spacial score (nSPS) is 17.2. The van der Waals surface area contributed by atoms with E-state index in [4.69, 9.17) is 0 Å². The maximum Gasteiger partial charge on any atom is 0.223 e. The van der Waals surface area contributed by atoms with Crippen LogP contribution in [0.3, 0.4) is 0 Å². The van der Waals surface area contributed by atoms with E-state index in [-0.39, 0.29) is 17.8 Å². The molecule has 1 unspecified atom stereocenters. The minimum atomic E-state index is -0.291. The molecule has 0 radical (unpaired) electrons. The first kappa shape index (κ1) is 16.4. The molecule has 1 amide bonds. The van der Waals surface area contributed by atoms with Crippen LogP contribution in [0.4, 0.5) is 10.3 Å². The Morgan fingerprint density at radius 1 is 1.25 bits per heavy atom. The van der Waals surface area contributed by atoms with Crippen LogP contribution in [-0.2, 0) is 11.3 Å². The number of halogens is 1. The smallest absolute Gasteiger partial charge is 0.223 e. The minimum absolute atomic E-state index is 0.00601. The van der Waals surface area contributed by atoms with E-state index in [9.17, 15) is 9.18 Å². The molecule has 0 bridgehead atoms. The van der Waals surface area contributed by atoms with Crippen LogP contribution in [0.2, 0.25) is 0 Å². The quantitative estimate of drug-likeness (QED) is 0.920. The maximum absolute atomic E-state index is 13.7. The van der Waals surface area contributed by atoms with Crippen molar-refractivity contribution in [3.8, 4) is 0 Å². The van der Waals surface area contributed by atoms with Crippen molar-refractivity contribution in [2.45, 2.75) is 39.8 Å². The summed E-state index contributed by atoms with van der Waals surface area (Å²) in [5, 5.41) is 3.36. The Bertz CT molecular complexity index is 757. The van der Waals surface area contributed by atoms with Gasteiger partial charge in [0.25, 0.3) is 0 Å². The minimum Gasteiger partial charge on any atom is -0.347 e. The first-order chi connectivity index (χ1) is 11.4. The molecule has 0 saturated carbocycles. The van der Waals surface area contributed by atoms with E-state index in [1.165, 1.54) is 12.1 Å². The summed E-state index contributed by atoms with van der Waals surface area (Å²) in [5.74, 6) is 0.262. The number of hydrogen-bond acceptors (Lipinski definition) is 4. The molecule has 5 nitrogen and oxygen atoms in total. The van der Waals surface area contributed by atoms with E-state index in [1.54, 1.807) is 17.9 Å². The SMILES string of the molecule is CC(=O)N1CCC(Nc2nc(C)cc(C)n2)c2ccc(F)cc2C1. The molecule has 0 saturated heterocycles. The summed E-state index contributed by atoms with van der Waals surface area (Å²) < 4.78 is 13.7. The van der Waals surface area contributed by atoms with Crippen molar-refractivity contribution in [2.24, 2.45) is 0 Å². The van der Waals surface area contributed by atoms with Crippen LogP contribution in [0.15, 0.2) is 24.3 Å². The van der Waals surface area contributed by atoms with Crippen molar-refractivity contribution in [3.63, 3.8) is 0 Å². The van der Waals surface area contributed by atoms with Gasteiger partial charge >= 0.3 is 0 Å². The van der Waals surface area contributed by atoms with E-state index in [2.05, 4.69) is 15.3 Å². The van der Waals surface area contributed by atoms with Gasteiger partial charge in [0.1, 0.15) is 5.82 Å². The number of nitrogens with one attached hydrogen (secondary N) is 1. The summed E-state index contributed by atoms with van der Waals surface area (Å²) in [6.07, 6.45) is 0.717. The van der Waals surface area contributed by atoms with Gasteiger partial charge in [-0.15, -0.1) is 0 Å². The topological polar surface area (TPSA) is 58.1 Å². The number of hydrogen-bond donors (Lipinski definition) is 1. The predicted molar refractivity (Wildman–Crippen MR) is 90.0 cm³/mol. The number of aromatic nitrogens is 2. The molecule has 0 spiro atoms. The first-order valence-corrected chi connectivity index (χ1v) is 8.05. The Kier molecular flexibility index (Phi) is 4.46. The van der Waals surface area contributed by atoms with Gasteiger partial charge in [0.15, 0.2) is 0 Å². The Morgan fingerprint density at radius 2 is 1.96 bits per heavy atom. The van der Waals surface area contributed by atoms with Crippen LogP contribution in [0.25, 0.3) is 0 Å². The average Bonchev–Trinajstić information content (AvgIpc) is 2.65. The third-order valence-electron chi connectivity index (χ3n) is 4.26. The molecule has 24 heavy (non-hydrogen) atoms. The van der Waals surface area contributed by atoms with E-state index in [0.717, 1.165) is 22.5 Å². The molecule has 1 aromatic heterocycles. The maximum atomic E-state index is 13.7. The number of fused-ring (bicyclic) bond motifs is 1. The number of carbonyl (C=O) groups is 1. The second-order valence-electron chi connectivity index (χ2n) is 6.24. The molecule has 2 heterocycles. The highest BCUT2D eigenvalue weighted by molar-refractivity contribution is 5.73. The van der Waals surface area contributed by atoms with Gasteiger partial charge < -0.3 is 10.2 Å². The van der Waals surface area contributed by atoms with Crippen molar-refractivity contribution < 1.29 is 9.18 Å². The summed E-state index contributed by atoms with van der Waals surface area (Å²) in [5.41, 5.74) is 3.60. The zero-order chi connectivity index (χ0) is 17.3. The van der Waals surface area contributed by atoms with Crippen LogP contribution in [0.5, 0.6) is 0 Å². The fourth-order valence-corrected chi connectivity index (χ4v) is 3.14. The molecule has 1 aromatic carbocycles. The largest absolute Gasteiger partial charge is 0.347 e. The van der Waals surface area contributed by atoms with Gasteiger partial charge in [0.2, 0.25) is 11.9 Å². The van der Waals surface area contributed by atoms with Gasteiger partial charge in [0.05, 0.1) is 6.04 Å². The van der Waals surface area contributed by atoms with E-state index >= 15 is 0 Å². The van der Waals surface area contributed by atoms with Gasteiger partial charge in [-0.3, -0.25) is 4.79 Å². The fourth-order valence-electron chi connectivity index (χ4n) is 3.14. The Balaban J connectivity index is 1.94. The van der Waals surface area contributed by atoms with Crippen LogP contribution < -0.4 is 5.32 Å². The lowest BCUT2D eigenvalue weighted by Crippen LogP contribution is -2.28. The van der Waals surface area contributed by atoms with Crippen molar-refractivity contribution in [3.05, 3.63) is 52.6 Å². The second kappa shape index (κ2) is 6.55. The summed E-state index contributed by atoms with van der Waals surface area (Å²) in [4.78, 5) is 22.4. The summed E-state index contributed by atoms with van der Waals surface area (Å²) in [7, 11) is 0. The number of aryl methyl sites for hydroxylation is 2. The van der Waals surface area contributed by atoms with E-state index in [0.29, 0.717) is 25.5 Å². The van der Waals surface area contributed by atoms with Crippen LogP contribution in [0.1, 0.15) is 41.9 Å². The highest BCUT2D eigenvalue weighted by Gasteiger charge is 2.24. The Labute approximate surface area is 140 Å². The van der Waals surface area contributed by atoms with Crippen LogP contribution >= 0.6 is 0 Å². The van der Waals surface area contributed by atoms with Gasteiger partial charge in [-0.05, 0) is 49.6 Å². The van der Waals surface area contributed by atoms with Gasteiger partial charge in [-0.25, -0.2) is 14.4 Å². The molecule has 1 aliphatic rings. The summed E-state index contributed by atoms with van der Waals surface area (Å²) in [6.45, 7) is 6.42. The van der Waals surface area contributed by atoms with E-state index in [1.807, 2.05) is 19.9 Å². The molecule has 3 rings (SSSR count).